The van der Waals surface area contributed by atoms with Gasteiger partial charge in [0.15, 0.2) is 0 Å². The highest BCUT2D eigenvalue weighted by molar-refractivity contribution is 8.00. The van der Waals surface area contributed by atoms with Crippen LogP contribution >= 0.6 is 23.4 Å². The van der Waals surface area contributed by atoms with Crippen molar-refractivity contribution in [1.29, 1.82) is 0 Å². The summed E-state index contributed by atoms with van der Waals surface area (Å²) in [5, 5.41) is 1.74. The summed E-state index contributed by atoms with van der Waals surface area (Å²) in [7, 11) is 0. The number of halogens is 1. The van der Waals surface area contributed by atoms with Crippen LogP contribution in [0.25, 0.3) is 0 Å². The van der Waals surface area contributed by atoms with E-state index in [1.165, 1.54) is 0 Å². The van der Waals surface area contributed by atoms with Gasteiger partial charge in [-0.2, -0.15) is 11.8 Å². The number of anilines is 1. The zero-order chi connectivity index (χ0) is 10.8. The van der Waals surface area contributed by atoms with Crippen LogP contribution in [0.5, 0.6) is 0 Å². The molecule has 0 spiro atoms. The maximum atomic E-state index is 5.71. The first-order valence-electron chi connectivity index (χ1n) is 5.03. The zero-order valence-corrected chi connectivity index (χ0v) is 10.4. The molecular weight excluding hydrogens is 230 g/mol. The van der Waals surface area contributed by atoms with E-state index in [4.69, 9.17) is 11.6 Å². The van der Waals surface area contributed by atoms with Gasteiger partial charge in [0.25, 0.3) is 0 Å². The molecule has 0 bridgehead atoms. The van der Waals surface area contributed by atoms with E-state index in [1.807, 2.05) is 11.8 Å². The quantitative estimate of drug-likeness (QED) is 0.758. The Kier molecular flexibility index (Phi) is 3.36. The van der Waals surface area contributed by atoms with Gasteiger partial charge in [-0.1, -0.05) is 25.4 Å². The fourth-order valence-corrected chi connectivity index (χ4v) is 3.26. The number of rotatable bonds is 1. The summed E-state index contributed by atoms with van der Waals surface area (Å²) in [5.41, 5.74) is 0. The maximum absolute atomic E-state index is 5.71. The summed E-state index contributed by atoms with van der Waals surface area (Å²) >= 11 is 7.74. The highest BCUT2D eigenvalue weighted by atomic mass is 35.5. The Morgan fingerprint density at radius 2 is 1.93 bits per heavy atom. The molecule has 0 amide bonds. The normalized spacial score (nSPS) is 26.7. The van der Waals surface area contributed by atoms with Gasteiger partial charge in [-0.25, -0.2) is 9.97 Å². The van der Waals surface area contributed by atoms with E-state index < -0.39 is 0 Å². The van der Waals surface area contributed by atoms with Gasteiger partial charge in [0.2, 0.25) is 0 Å². The van der Waals surface area contributed by atoms with E-state index in [-0.39, 0.29) is 0 Å². The number of aromatic nitrogens is 2. The third kappa shape index (κ3) is 2.75. The van der Waals surface area contributed by atoms with E-state index >= 15 is 0 Å². The molecule has 0 N–H and O–H groups in total. The molecule has 82 valence electrons. The molecule has 5 heteroatoms. The summed E-state index contributed by atoms with van der Waals surface area (Å²) in [6.07, 6.45) is 3.35. The number of hydrogen-bond donors (Lipinski definition) is 0. The van der Waals surface area contributed by atoms with Crippen LogP contribution in [0.1, 0.15) is 13.8 Å². The molecule has 0 aromatic carbocycles. The van der Waals surface area contributed by atoms with Crippen LogP contribution in [0.4, 0.5) is 5.82 Å². The second-order valence-corrected chi connectivity index (χ2v) is 6.13. The van der Waals surface area contributed by atoms with Gasteiger partial charge in [0, 0.05) is 23.6 Å². The van der Waals surface area contributed by atoms with Gasteiger partial charge in [0.1, 0.15) is 11.0 Å². The van der Waals surface area contributed by atoms with Crippen LogP contribution in [0.2, 0.25) is 5.15 Å². The Morgan fingerprint density at radius 3 is 2.47 bits per heavy atom. The van der Waals surface area contributed by atoms with Crippen molar-refractivity contribution in [1.82, 2.24) is 9.97 Å². The van der Waals surface area contributed by atoms with Gasteiger partial charge < -0.3 is 4.90 Å². The van der Waals surface area contributed by atoms with E-state index in [9.17, 15) is 0 Å². The fourth-order valence-electron chi connectivity index (χ4n) is 1.83. The molecule has 1 aliphatic rings. The Bertz CT molecular complexity index is 320. The Balaban J connectivity index is 2.12. The van der Waals surface area contributed by atoms with Crippen molar-refractivity contribution in [2.75, 3.05) is 18.0 Å². The van der Waals surface area contributed by atoms with Crippen LogP contribution in [-0.4, -0.2) is 33.6 Å². The van der Waals surface area contributed by atoms with Gasteiger partial charge in [-0.3, -0.25) is 0 Å². The molecular formula is C10H14ClN3S. The minimum atomic E-state index is 0.450. The minimum absolute atomic E-state index is 0.450. The lowest BCUT2D eigenvalue weighted by Crippen LogP contribution is -2.40. The molecule has 1 aromatic heterocycles. The summed E-state index contributed by atoms with van der Waals surface area (Å²) < 4.78 is 0. The molecule has 0 saturated carbocycles. The van der Waals surface area contributed by atoms with Crippen LogP contribution in [0, 0.1) is 0 Å². The third-order valence-electron chi connectivity index (χ3n) is 2.35. The van der Waals surface area contributed by atoms with Crippen molar-refractivity contribution in [3.8, 4) is 0 Å². The molecule has 2 heterocycles. The van der Waals surface area contributed by atoms with Crippen LogP contribution in [0.15, 0.2) is 12.4 Å². The van der Waals surface area contributed by atoms with Crippen molar-refractivity contribution >= 4 is 29.2 Å². The Labute approximate surface area is 99.2 Å². The van der Waals surface area contributed by atoms with Crippen molar-refractivity contribution in [3.05, 3.63) is 17.5 Å². The van der Waals surface area contributed by atoms with Gasteiger partial charge >= 0.3 is 0 Å². The summed E-state index contributed by atoms with van der Waals surface area (Å²) in [4.78, 5) is 10.6. The predicted octanol–water partition coefficient (Wildman–Crippen LogP) is 2.46. The second kappa shape index (κ2) is 4.58. The number of nitrogens with zero attached hydrogens (tertiary/aromatic N) is 3. The maximum Gasteiger partial charge on any atom is 0.147 e. The van der Waals surface area contributed by atoms with Crippen molar-refractivity contribution in [3.63, 3.8) is 0 Å². The molecule has 3 nitrogen and oxygen atoms in total. The summed E-state index contributed by atoms with van der Waals surface area (Å²) in [5.74, 6) is 0.929. The summed E-state index contributed by atoms with van der Waals surface area (Å²) in [6, 6.07) is 0. The third-order valence-corrected chi connectivity index (χ3v) is 3.77. The van der Waals surface area contributed by atoms with E-state index in [2.05, 4.69) is 28.7 Å². The highest BCUT2D eigenvalue weighted by Crippen LogP contribution is 2.27. The smallest absolute Gasteiger partial charge is 0.147 e. The Hall–Kier alpha value is -0.480. The first-order valence-corrected chi connectivity index (χ1v) is 6.35. The average Bonchev–Trinajstić information content (AvgIpc) is 2.17. The highest BCUT2D eigenvalue weighted by Gasteiger charge is 2.23. The standard InChI is InChI=1S/C10H14ClN3S/c1-7-5-14(6-8(2)15-7)10-4-12-9(11)3-13-10/h3-4,7-8H,5-6H2,1-2H3. The molecule has 15 heavy (non-hydrogen) atoms. The topological polar surface area (TPSA) is 29.0 Å². The van der Waals surface area contributed by atoms with Crippen LogP contribution in [-0.2, 0) is 0 Å². The zero-order valence-electron chi connectivity index (χ0n) is 8.85. The second-order valence-electron chi connectivity index (χ2n) is 3.86. The average molecular weight is 244 g/mol. The molecule has 2 rings (SSSR count). The van der Waals surface area contributed by atoms with Crippen molar-refractivity contribution in [2.24, 2.45) is 0 Å². The van der Waals surface area contributed by atoms with Gasteiger partial charge in [-0.15, -0.1) is 0 Å². The van der Waals surface area contributed by atoms with Crippen molar-refractivity contribution < 1.29 is 0 Å². The molecule has 1 aliphatic heterocycles. The SMILES string of the molecule is CC1CN(c2cnc(Cl)cn2)CC(C)S1. The molecule has 2 atom stereocenters. The monoisotopic (exact) mass is 243 g/mol. The number of thioether (sulfide) groups is 1. The largest absolute Gasteiger partial charge is 0.353 e. The first kappa shape index (κ1) is 11.0. The minimum Gasteiger partial charge on any atom is -0.353 e. The molecule has 1 aromatic rings. The lowest BCUT2D eigenvalue weighted by molar-refractivity contribution is 0.716. The van der Waals surface area contributed by atoms with Gasteiger partial charge in [-0.05, 0) is 0 Å². The molecule has 2 unspecified atom stereocenters. The van der Waals surface area contributed by atoms with Crippen molar-refractivity contribution in [2.45, 2.75) is 24.3 Å². The summed E-state index contributed by atoms with van der Waals surface area (Å²) in [6.45, 7) is 6.56. The molecule has 0 radical (unpaired) electrons. The van der Waals surface area contributed by atoms with Crippen LogP contribution in [0.3, 0.4) is 0 Å². The Morgan fingerprint density at radius 1 is 1.27 bits per heavy atom. The lowest BCUT2D eigenvalue weighted by atomic mass is 10.3. The van der Waals surface area contributed by atoms with Gasteiger partial charge in [0.05, 0.1) is 12.4 Å². The van der Waals surface area contributed by atoms with E-state index in [0.717, 1.165) is 18.9 Å². The lowest BCUT2D eigenvalue weighted by Gasteiger charge is -2.35. The predicted molar refractivity (Wildman–Crippen MR) is 65.8 cm³/mol. The first-order chi connectivity index (χ1) is 7.15. The molecule has 0 aliphatic carbocycles. The van der Waals surface area contributed by atoms with Crippen LogP contribution < -0.4 is 4.90 Å². The van der Waals surface area contributed by atoms with E-state index in [0.29, 0.717) is 15.7 Å². The number of hydrogen-bond acceptors (Lipinski definition) is 4. The van der Waals surface area contributed by atoms with E-state index in [1.54, 1.807) is 12.4 Å². The molecule has 1 saturated heterocycles. The molecule has 1 fully saturated rings. The fraction of sp³-hybridized carbons (Fsp3) is 0.600.